The lowest BCUT2D eigenvalue weighted by molar-refractivity contribution is 0.583. The minimum Gasteiger partial charge on any atom is -0.251 e. The molecular weight excluding hydrogens is 262 g/mol. The first-order valence-corrected chi connectivity index (χ1v) is 7.54. The second-order valence-electron chi connectivity index (χ2n) is 4.17. The molecule has 0 aromatic carbocycles. The van der Waals surface area contributed by atoms with Crippen molar-refractivity contribution in [3.63, 3.8) is 0 Å². The zero-order valence-corrected chi connectivity index (χ0v) is 11.5. The van der Waals surface area contributed by atoms with E-state index in [-0.39, 0.29) is 23.4 Å². The maximum absolute atomic E-state index is 11.1. The molecule has 0 spiro atoms. The Bertz CT molecular complexity index is 555. The van der Waals surface area contributed by atoms with Gasteiger partial charge in [-0.25, -0.2) is 8.42 Å². The van der Waals surface area contributed by atoms with Gasteiger partial charge in [-0.05, 0) is 5.92 Å². The Kier molecular flexibility index (Phi) is 4.17. The van der Waals surface area contributed by atoms with Crippen molar-refractivity contribution >= 4 is 21.4 Å². The van der Waals surface area contributed by atoms with E-state index in [0.29, 0.717) is 11.3 Å². The number of halogens is 1. The zero-order chi connectivity index (χ0) is 13.2. The lowest BCUT2D eigenvalue weighted by Crippen LogP contribution is -2.12. The molecule has 1 rings (SSSR count). The summed E-state index contributed by atoms with van der Waals surface area (Å²) in [6, 6.07) is 2.00. The maximum Gasteiger partial charge on any atom is 0.149 e. The quantitative estimate of drug-likeness (QED) is 0.836. The number of sulfone groups is 1. The molecule has 0 aliphatic rings. The van der Waals surface area contributed by atoms with Crippen molar-refractivity contribution in [2.75, 3.05) is 12.0 Å². The average molecular weight is 276 g/mol. The predicted octanol–water partition coefficient (Wildman–Crippen LogP) is 1.58. The fourth-order valence-corrected chi connectivity index (χ4v) is 2.13. The summed E-state index contributed by atoms with van der Waals surface area (Å²) in [5, 5.41) is 13.4. The van der Waals surface area contributed by atoms with Crippen molar-refractivity contribution in [1.82, 2.24) is 9.78 Å². The highest BCUT2D eigenvalue weighted by atomic mass is 35.5. The van der Waals surface area contributed by atoms with Gasteiger partial charge in [0.2, 0.25) is 0 Å². The van der Waals surface area contributed by atoms with Gasteiger partial charge in [0.25, 0.3) is 0 Å². The Morgan fingerprint density at radius 3 is 2.47 bits per heavy atom. The molecule has 0 radical (unpaired) electrons. The highest BCUT2D eigenvalue weighted by Crippen LogP contribution is 2.24. The number of hydrogen-bond donors (Lipinski definition) is 0. The summed E-state index contributed by atoms with van der Waals surface area (Å²) in [6.07, 6.45) is 1.15. The van der Waals surface area contributed by atoms with Gasteiger partial charge in [0.1, 0.15) is 26.6 Å². The molecule has 0 atom stereocenters. The molecule has 7 heteroatoms. The van der Waals surface area contributed by atoms with Crippen LogP contribution in [0.25, 0.3) is 0 Å². The lowest BCUT2D eigenvalue weighted by atomic mass is 10.1. The molecule has 17 heavy (non-hydrogen) atoms. The Balaban J connectivity index is 3.07. The number of nitriles is 1. The van der Waals surface area contributed by atoms with Crippen LogP contribution in [-0.2, 0) is 16.4 Å². The van der Waals surface area contributed by atoms with Crippen LogP contribution in [0.3, 0.4) is 0 Å². The zero-order valence-electron chi connectivity index (χ0n) is 9.94. The summed E-state index contributed by atoms with van der Waals surface area (Å²) >= 11 is 5.99. The van der Waals surface area contributed by atoms with Crippen molar-refractivity contribution in [1.29, 1.82) is 5.26 Å². The number of hydrogen-bond acceptors (Lipinski definition) is 4. The second-order valence-corrected chi connectivity index (χ2v) is 6.79. The van der Waals surface area contributed by atoms with Crippen LogP contribution in [0.1, 0.15) is 31.0 Å². The van der Waals surface area contributed by atoms with E-state index in [1.807, 2.05) is 19.9 Å². The molecule has 1 heterocycles. The minimum absolute atomic E-state index is 0.0448. The average Bonchev–Trinajstić information content (AvgIpc) is 2.51. The first-order chi connectivity index (χ1) is 7.76. The Morgan fingerprint density at radius 2 is 2.12 bits per heavy atom. The summed E-state index contributed by atoms with van der Waals surface area (Å²) < 4.78 is 23.5. The molecule has 0 N–H and O–H groups in total. The second kappa shape index (κ2) is 5.07. The predicted molar refractivity (Wildman–Crippen MR) is 65.8 cm³/mol. The SMILES string of the molecule is CC(C)c1nn(CCS(C)(=O)=O)c(Cl)c1C#N. The molecule has 0 amide bonds. The fraction of sp³-hybridized carbons (Fsp3) is 0.600. The number of aromatic nitrogens is 2. The molecule has 0 aliphatic heterocycles. The summed E-state index contributed by atoms with van der Waals surface area (Å²) in [7, 11) is -3.07. The van der Waals surface area contributed by atoms with E-state index < -0.39 is 9.84 Å². The van der Waals surface area contributed by atoms with Gasteiger partial charge < -0.3 is 0 Å². The number of nitrogens with zero attached hydrogens (tertiary/aromatic N) is 3. The van der Waals surface area contributed by atoms with Crippen LogP contribution in [0.15, 0.2) is 0 Å². The monoisotopic (exact) mass is 275 g/mol. The van der Waals surface area contributed by atoms with E-state index in [4.69, 9.17) is 16.9 Å². The molecule has 0 fully saturated rings. The standard InChI is InChI=1S/C10H14ClN3O2S/c1-7(2)9-8(6-12)10(11)14(13-9)4-5-17(3,15)16/h7H,4-5H2,1-3H3. The molecule has 0 unspecified atom stereocenters. The van der Waals surface area contributed by atoms with Gasteiger partial charge in [0.15, 0.2) is 0 Å². The number of rotatable bonds is 4. The molecule has 5 nitrogen and oxygen atoms in total. The molecule has 0 aliphatic carbocycles. The summed E-state index contributed by atoms with van der Waals surface area (Å²) in [6.45, 7) is 3.97. The highest BCUT2D eigenvalue weighted by molar-refractivity contribution is 7.90. The molecule has 1 aromatic heterocycles. The summed E-state index contributed by atoms with van der Waals surface area (Å²) in [5.41, 5.74) is 0.932. The molecule has 0 bridgehead atoms. The first kappa shape index (κ1) is 14.0. The molecule has 0 saturated heterocycles. The summed E-state index contributed by atoms with van der Waals surface area (Å²) in [4.78, 5) is 0. The molecule has 94 valence electrons. The molecule has 1 aromatic rings. The van der Waals surface area contributed by atoms with Gasteiger partial charge in [-0.1, -0.05) is 25.4 Å². The molecule has 0 saturated carbocycles. The summed E-state index contributed by atoms with van der Waals surface area (Å²) in [5.74, 6) is 0.0261. The third-order valence-electron chi connectivity index (χ3n) is 2.25. The van der Waals surface area contributed by atoms with Gasteiger partial charge in [-0.2, -0.15) is 10.4 Å². The van der Waals surface area contributed by atoms with Gasteiger partial charge in [-0.3, -0.25) is 4.68 Å². The van der Waals surface area contributed by atoms with Crippen LogP contribution >= 0.6 is 11.6 Å². The Labute approximate surface area is 106 Å². The van der Waals surface area contributed by atoms with Crippen molar-refractivity contribution in [3.05, 3.63) is 16.4 Å². The van der Waals surface area contributed by atoms with Crippen molar-refractivity contribution in [2.24, 2.45) is 0 Å². The van der Waals surface area contributed by atoms with Gasteiger partial charge in [0.05, 0.1) is 18.0 Å². The van der Waals surface area contributed by atoms with Crippen LogP contribution in [0.4, 0.5) is 0 Å². The molecular formula is C10H14ClN3O2S. The van der Waals surface area contributed by atoms with Crippen LogP contribution in [0, 0.1) is 11.3 Å². The van der Waals surface area contributed by atoms with Crippen molar-refractivity contribution < 1.29 is 8.42 Å². The van der Waals surface area contributed by atoms with Crippen LogP contribution in [-0.4, -0.2) is 30.2 Å². The van der Waals surface area contributed by atoms with Crippen molar-refractivity contribution in [2.45, 2.75) is 26.3 Å². The van der Waals surface area contributed by atoms with E-state index in [1.165, 1.54) is 4.68 Å². The van der Waals surface area contributed by atoms with Gasteiger partial charge in [-0.15, -0.1) is 0 Å². The van der Waals surface area contributed by atoms with E-state index in [0.717, 1.165) is 6.26 Å². The Hall–Kier alpha value is -1.06. The topological polar surface area (TPSA) is 75.8 Å². The maximum atomic E-state index is 11.1. The third-order valence-corrected chi connectivity index (χ3v) is 3.56. The normalized spacial score (nSPS) is 11.8. The first-order valence-electron chi connectivity index (χ1n) is 5.10. The minimum atomic E-state index is -3.07. The van der Waals surface area contributed by atoms with Crippen molar-refractivity contribution in [3.8, 4) is 6.07 Å². The van der Waals surface area contributed by atoms with Crippen LogP contribution in [0.2, 0.25) is 5.15 Å². The fourth-order valence-electron chi connectivity index (χ4n) is 1.37. The van der Waals surface area contributed by atoms with E-state index in [9.17, 15) is 8.42 Å². The number of aryl methyl sites for hydroxylation is 1. The van der Waals surface area contributed by atoms with E-state index in [2.05, 4.69) is 5.10 Å². The third kappa shape index (κ3) is 3.45. The highest BCUT2D eigenvalue weighted by Gasteiger charge is 2.19. The largest absolute Gasteiger partial charge is 0.251 e. The van der Waals surface area contributed by atoms with E-state index >= 15 is 0 Å². The van der Waals surface area contributed by atoms with Crippen LogP contribution in [0.5, 0.6) is 0 Å². The van der Waals surface area contributed by atoms with Gasteiger partial charge >= 0.3 is 0 Å². The van der Waals surface area contributed by atoms with Gasteiger partial charge in [0, 0.05) is 6.26 Å². The smallest absolute Gasteiger partial charge is 0.149 e. The van der Waals surface area contributed by atoms with E-state index in [1.54, 1.807) is 0 Å². The lowest BCUT2D eigenvalue weighted by Gasteiger charge is -2.01. The Morgan fingerprint density at radius 1 is 1.53 bits per heavy atom. The van der Waals surface area contributed by atoms with Crippen LogP contribution < -0.4 is 0 Å².